The van der Waals surface area contributed by atoms with E-state index in [2.05, 4.69) is 4.85 Å². The Morgan fingerprint density at radius 3 is 2.83 bits per heavy atom. The summed E-state index contributed by atoms with van der Waals surface area (Å²) in [4.78, 5) is 3.24. The zero-order valence-corrected chi connectivity index (χ0v) is 6.97. The zero-order chi connectivity index (χ0) is 8.97. The standard InChI is InChI=1S/C10H10FN/c1-8-7-9(5-6-12-2)3-4-10(8)11/h3-4,7H,5-6H2,1H3. The fourth-order valence-electron chi connectivity index (χ4n) is 1.05. The van der Waals surface area contributed by atoms with E-state index in [0.29, 0.717) is 18.5 Å². The fourth-order valence-corrected chi connectivity index (χ4v) is 1.05. The molecule has 0 aliphatic heterocycles. The second-order valence-corrected chi connectivity index (χ2v) is 2.72. The Morgan fingerprint density at radius 2 is 2.25 bits per heavy atom. The summed E-state index contributed by atoms with van der Waals surface area (Å²) in [6.45, 7) is 8.81. The van der Waals surface area contributed by atoms with Crippen LogP contribution in [0.1, 0.15) is 11.1 Å². The predicted octanol–water partition coefficient (Wildman–Crippen LogP) is 2.60. The van der Waals surface area contributed by atoms with Gasteiger partial charge in [0.25, 0.3) is 0 Å². The summed E-state index contributed by atoms with van der Waals surface area (Å²) < 4.78 is 12.8. The van der Waals surface area contributed by atoms with Crippen molar-refractivity contribution >= 4 is 0 Å². The second-order valence-electron chi connectivity index (χ2n) is 2.72. The first-order chi connectivity index (χ1) is 5.74. The highest BCUT2D eigenvalue weighted by Gasteiger charge is 1.99. The quantitative estimate of drug-likeness (QED) is 0.590. The van der Waals surface area contributed by atoms with Crippen LogP contribution in [0.5, 0.6) is 0 Å². The highest BCUT2D eigenvalue weighted by atomic mass is 19.1. The lowest BCUT2D eigenvalue weighted by molar-refractivity contribution is 0.617. The summed E-state index contributed by atoms with van der Waals surface area (Å²) in [7, 11) is 0. The first kappa shape index (κ1) is 8.73. The lowest BCUT2D eigenvalue weighted by atomic mass is 10.1. The van der Waals surface area contributed by atoms with E-state index < -0.39 is 0 Å². The Morgan fingerprint density at radius 1 is 1.50 bits per heavy atom. The van der Waals surface area contributed by atoms with Crippen molar-refractivity contribution in [3.8, 4) is 0 Å². The van der Waals surface area contributed by atoms with Crippen molar-refractivity contribution in [1.29, 1.82) is 0 Å². The normalized spacial score (nSPS) is 9.42. The van der Waals surface area contributed by atoms with Crippen molar-refractivity contribution in [2.45, 2.75) is 13.3 Å². The number of nitrogens with zero attached hydrogens (tertiary/aromatic N) is 1. The van der Waals surface area contributed by atoms with E-state index in [-0.39, 0.29) is 5.82 Å². The van der Waals surface area contributed by atoms with Crippen molar-refractivity contribution in [3.05, 3.63) is 46.6 Å². The summed E-state index contributed by atoms with van der Waals surface area (Å²) in [5, 5.41) is 0. The third-order valence-electron chi connectivity index (χ3n) is 1.73. The van der Waals surface area contributed by atoms with Gasteiger partial charge in [0.15, 0.2) is 0 Å². The van der Waals surface area contributed by atoms with Gasteiger partial charge in [0.1, 0.15) is 5.82 Å². The van der Waals surface area contributed by atoms with Gasteiger partial charge in [-0.1, -0.05) is 12.1 Å². The molecule has 0 saturated heterocycles. The van der Waals surface area contributed by atoms with Gasteiger partial charge in [-0.15, -0.1) is 0 Å². The highest BCUT2D eigenvalue weighted by molar-refractivity contribution is 5.24. The van der Waals surface area contributed by atoms with E-state index in [4.69, 9.17) is 6.57 Å². The molecule has 0 spiro atoms. The third-order valence-corrected chi connectivity index (χ3v) is 1.73. The van der Waals surface area contributed by atoms with Gasteiger partial charge < -0.3 is 4.85 Å². The molecule has 0 heterocycles. The molecule has 0 aliphatic carbocycles. The molecule has 0 saturated carbocycles. The van der Waals surface area contributed by atoms with Crippen LogP contribution in [0.2, 0.25) is 0 Å². The van der Waals surface area contributed by atoms with Crippen LogP contribution in [0, 0.1) is 19.3 Å². The van der Waals surface area contributed by atoms with Gasteiger partial charge in [0.2, 0.25) is 6.54 Å². The van der Waals surface area contributed by atoms with Crippen molar-refractivity contribution < 1.29 is 4.39 Å². The molecule has 1 rings (SSSR count). The smallest absolute Gasteiger partial charge is 0.218 e. The van der Waals surface area contributed by atoms with Crippen molar-refractivity contribution in [1.82, 2.24) is 0 Å². The number of hydrogen-bond donors (Lipinski definition) is 0. The molecular weight excluding hydrogens is 153 g/mol. The largest absolute Gasteiger partial charge is 0.317 e. The molecule has 0 aliphatic rings. The molecule has 0 unspecified atom stereocenters. The maximum absolute atomic E-state index is 12.8. The number of benzene rings is 1. The molecule has 62 valence electrons. The molecular formula is C10H10FN. The summed E-state index contributed by atoms with van der Waals surface area (Å²) >= 11 is 0. The fraction of sp³-hybridized carbons (Fsp3) is 0.300. The van der Waals surface area contributed by atoms with Gasteiger partial charge in [-0.25, -0.2) is 11.0 Å². The molecule has 0 aromatic heterocycles. The summed E-state index contributed by atoms with van der Waals surface area (Å²) in [6.07, 6.45) is 0.713. The molecule has 1 aromatic rings. The molecule has 0 fully saturated rings. The predicted molar refractivity (Wildman–Crippen MR) is 46.3 cm³/mol. The van der Waals surface area contributed by atoms with E-state index in [0.717, 1.165) is 5.56 Å². The van der Waals surface area contributed by atoms with Crippen LogP contribution in [-0.4, -0.2) is 6.54 Å². The molecule has 12 heavy (non-hydrogen) atoms. The summed E-state index contributed by atoms with van der Waals surface area (Å²) in [6, 6.07) is 4.97. The molecule has 0 atom stereocenters. The van der Waals surface area contributed by atoms with E-state index in [1.807, 2.05) is 0 Å². The van der Waals surface area contributed by atoms with Gasteiger partial charge in [-0.05, 0) is 24.1 Å². The van der Waals surface area contributed by atoms with E-state index in [1.165, 1.54) is 6.07 Å². The average Bonchev–Trinajstić information content (AvgIpc) is 2.07. The molecule has 0 bridgehead atoms. The van der Waals surface area contributed by atoms with E-state index in [9.17, 15) is 4.39 Å². The van der Waals surface area contributed by atoms with Crippen LogP contribution in [0.4, 0.5) is 4.39 Å². The lowest BCUT2D eigenvalue weighted by Crippen LogP contribution is -1.90. The van der Waals surface area contributed by atoms with Crippen LogP contribution in [-0.2, 0) is 6.42 Å². The molecule has 0 N–H and O–H groups in total. The topological polar surface area (TPSA) is 4.36 Å². The van der Waals surface area contributed by atoms with Crippen LogP contribution < -0.4 is 0 Å². The van der Waals surface area contributed by atoms with Crippen molar-refractivity contribution in [3.63, 3.8) is 0 Å². The lowest BCUT2D eigenvalue weighted by Gasteiger charge is -1.98. The Labute approximate surface area is 71.7 Å². The maximum Gasteiger partial charge on any atom is 0.218 e. The molecule has 0 amide bonds. The minimum atomic E-state index is -0.179. The zero-order valence-electron chi connectivity index (χ0n) is 6.97. The van der Waals surface area contributed by atoms with Gasteiger partial charge >= 0.3 is 0 Å². The number of hydrogen-bond acceptors (Lipinski definition) is 0. The third kappa shape index (κ3) is 2.06. The van der Waals surface area contributed by atoms with E-state index in [1.54, 1.807) is 19.1 Å². The minimum Gasteiger partial charge on any atom is -0.317 e. The maximum atomic E-state index is 12.8. The van der Waals surface area contributed by atoms with Crippen LogP contribution in [0.25, 0.3) is 4.85 Å². The summed E-state index contributed by atoms with van der Waals surface area (Å²) in [5.41, 5.74) is 1.68. The monoisotopic (exact) mass is 163 g/mol. The Balaban J connectivity index is 2.77. The average molecular weight is 163 g/mol. The minimum absolute atomic E-state index is 0.179. The van der Waals surface area contributed by atoms with Crippen LogP contribution in [0.15, 0.2) is 18.2 Å². The van der Waals surface area contributed by atoms with Gasteiger partial charge in [-0.3, -0.25) is 0 Å². The first-order valence-electron chi connectivity index (χ1n) is 3.82. The van der Waals surface area contributed by atoms with Gasteiger partial charge in [0, 0.05) is 6.42 Å². The van der Waals surface area contributed by atoms with Crippen LogP contribution in [0.3, 0.4) is 0 Å². The van der Waals surface area contributed by atoms with Crippen LogP contribution >= 0.6 is 0 Å². The highest BCUT2D eigenvalue weighted by Crippen LogP contribution is 2.09. The van der Waals surface area contributed by atoms with E-state index >= 15 is 0 Å². The number of aryl methyl sites for hydroxylation is 1. The Kier molecular flexibility index (Phi) is 2.82. The molecule has 2 heteroatoms. The number of rotatable bonds is 2. The second kappa shape index (κ2) is 3.87. The molecule has 0 radical (unpaired) electrons. The Hall–Kier alpha value is -1.36. The first-order valence-corrected chi connectivity index (χ1v) is 3.82. The SMILES string of the molecule is [C-]#[N+]CCc1ccc(F)c(C)c1. The molecule has 1 nitrogen and oxygen atoms in total. The Bertz CT molecular complexity index is 312. The van der Waals surface area contributed by atoms with Crippen molar-refractivity contribution in [2.24, 2.45) is 0 Å². The molecule has 1 aromatic carbocycles. The number of halogens is 1. The summed E-state index contributed by atoms with van der Waals surface area (Å²) in [5.74, 6) is -0.179. The van der Waals surface area contributed by atoms with Gasteiger partial charge in [0.05, 0.1) is 0 Å². The van der Waals surface area contributed by atoms with Gasteiger partial charge in [-0.2, -0.15) is 0 Å². The van der Waals surface area contributed by atoms with Crippen molar-refractivity contribution in [2.75, 3.05) is 6.54 Å².